The summed E-state index contributed by atoms with van der Waals surface area (Å²) >= 11 is 0. The Balaban J connectivity index is 2.03. The number of H-pyrrole nitrogens is 1. The van der Waals surface area contributed by atoms with Crippen LogP contribution in [0, 0.1) is 6.92 Å². The van der Waals surface area contributed by atoms with Gasteiger partial charge in [0.25, 0.3) is 0 Å². The number of nitrogens with one attached hydrogen (secondary N) is 1. The average Bonchev–Trinajstić information content (AvgIpc) is 3.22. The van der Waals surface area contributed by atoms with Crippen molar-refractivity contribution in [1.82, 2.24) is 15.2 Å². The number of aromatic amines is 1. The molecule has 2 aromatic rings. The standard InChI is InChI=1S/C23H27N3O10/c1-11-24-22(26-25-11)16-8-6-7-9-17(16)35-23-21(34-15(5)30)20(33-14(4)29)19(32-13(3)28)18(36-23)10-31-12(2)27/h6-9,18-21,23H,10H2,1-5H3,(H,24,25,26)/t18-,19-,20+,21-,23-/m1/s1. The molecule has 1 aromatic heterocycles. The maximum atomic E-state index is 12.0. The number of esters is 4. The lowest BCUT2D eigenvalue weighted by Gasteiger charge is -2.44. The molecule has 5 atom stereocenters. The number of aromatic nitrogens is 3. The summed E-state index contributed by atoms with van der Waals surface area (Å²) in [4.78, 5) is 51.6. The summed E-state index contributed by atoms with van der Waals surface area (Å²) in [7, 11) is 0. The number of carbonyl (C=O) groups excluding carboxylic acids is 4. The van der Waals surface area contributed by atoms with Crippen LogP contribution in [0.25, 0.3) is 11.4 Å². The summed E-state index contributed by atoms with van der Waals surface area (Å²) < 4.78 is 33.3. The number of ether oxygens (including phenoxy) is 6. The van der Waals surface area contributed by atoms with Crippen LogP contribution < -0.4 is 4.74 Å². The molecule has 3 rings (SSSR count). The molecule has 1 N–H and O–H groups in total. The minimum Gasteiger partial charge on any atom is -0.463 e. The van der Waals surface area contributed by atoms with Crippen molar-refractivity contribution in [2.24, 2.45) is 0 Å². The van der Waals surface area contributed by atoms with Crippen molar-refractivity contribution >= 4 is 23.9 Å². The van der Waals surface area contributed by atoms with E-state index in [-0.39, 0.29) is 12.4 Å². The summed E-state index contributed by atoms with van der Waals surface area (Å²) in [5.41, 5.74) is 0.495. The Morgan fingerprint density at radius 1 is 0.889 bits per heavy atom. The van der Waals surface area contributed by atoms with Gasteiger partial charge < -0.3 is 28.4 Å². The molecule has 1 aliphatic heterocycles. The molecule has 1 saturated heterocycles. The van der Waals surface area contributed by atoms with Crippen molar-refractivity contribution < 1.29 is 47.6 Å². The highest BCUT2D eigenvalue weighted by molar-refractivity contribution is 5.69. The second-order valence-electron chi connectivity index (χ2n) is 7.93. The Kier molecular flexibility index (Phi) is 8.59. The van der Waals surface area contributed by atoms with Crippen molar-refractivity contribution in [3.63, 3.8) is 0 Å². The van der Waals surface area contributed by atoms with E-state index in [2.05, 4.69) is 15.2 Å². The lowest BCUT2D eigenvalue weighted by molar-refractivity contribution is -0.288. The second-order valence-corrected chi connectivity index (χ2v) is 7.93. The number of benzene rings is 1. The van der Waals surface area contributed by atoms with Crippen LogP contribution in [-0.2, 0) is 42.9 Å². The first-order valence-corrected chi connectivity index (χ1v) is 11.0. The zero-order valence-electron chi connectivity index (χ0n) is 20.4. The summed E-state index contributed by atoms with van der Waals surface area (Å²) in [5.74, 6) is -1.63. The monoisotopic (exact) mass is 505 g/mol. The van der Waals surface area contributed by atoms with Gasteiger partial charge in [-0.05, 0) is 19.1 Å². The molecule has 0 amide bonds. The fraction of sp³-hybridized carbons (Fsp3) is 0.478. The maximum Gasteiger partial charge on any atom is 0.303 e. The molecule has 1 aromatic carbocycles. The van der Waals surface area contributed by atoms with Crippen LogP contribution in [0.15, 0.2) is 24.3 Å². The first kappa shape index (κ1) is 26.6. The molecule has 0 saturated carbocycles. The molecule has 1 aliphatic rings. The van der Waals surface area contributed by atoms with E-state index in [1.54, 1.807) is 31.2 Å². The normalized spacial score (nSPS) is 23.3. The van der Waals surface area contributed by atoms with E-state index < -0.39 is 54.6 Å². The first-order chi connectivity index (χ1) is 17.0. The van der Waals surface area contributed by atoms with Gasteiger partial charge in [-0.1, -0.05) is 12.1 Å². The number of carbonyl (C=O) groups is 4. The average molecular weight is 505 g/mol. The van der Waals surface area contributed by atoms with Gasteiger partial charge in [0, 0.05) is 27.7 Å². The predicted molar refractivity (Wildman–Crippen MR) is 119 cm³/mol. The molecule has 0 bridgehead atoms. The van der Waals surface area contributed by atoms with Gasteiger partial charge in [-0.2, -0.15) is 5.10 Å². The molecule has 0 spiro atoms. The van der Waals surface area contributed by atoms with Gasteiger partial charge in [0.2, 0.25) is 12.4 Å². The Hall–Kier alpha value is -4.00. The highest BCUT2D eigenvalue weighted by atomic mass is 16.7. The maximum absolute atomic E-state index is 12.0. The summed E-state index contributed by atoms with van der Waals surface area (Å²) in [6.45, 7) is 6.00. The van der Waals surface area contributed by atoms with Crippen molar-refractivity contribution in [2.75, 3.05) is 6.61 Å². The van der Waals surface area contributed by atoms with Gasteiger partial charge in [-0.15, -0.1) is 0 Å². The molecular weight excluding hydrogens is 478 g/mol. The molecule has 1 fully saturated rings. The molecule has 36 heavy (non-hydrogen) atoms. The first-order valence-electron chi connectivity index (χ1n) is 11.0. The molecular formula is C23H27N3O10. The third kappa shape index (κ3) is 6.78. The molecule has 194 valence electrons. The molecule has 13 nitrogen and oxygen atoms in total. The minimum atomic E-state index is -1.37. The lowest BCUT2D eigenvalue weighted by Crippen LogP contribution is -2.63. The largest absolute Gasteiger partial charge is 0.463 e. The number of para-hydroxylation sites is 1. The molecule has 0 aliphatic carbocycles. The highest BCUT2D eigenvalue weighted by Gasteiger charge is 2.53. The van der Waals surface area contributed by atoms with E-state index in [1.165, 1.54) is 6.92 Å². The number of aryl methyl sites for hydroxylation is 1. The van der Waals surface area contributed by atoms with Crippen LogP contribution in [0.2, 0.25) is 0 Å². The Morgan fingerprint density at radius 3 is 2.08 bits per heavy atom. The van der Waals surface area contributed by atoms with E-state index in [1.807, 2.05) is 0 Å². The lowest BCUT2D eigenvalue weighted by atomic mass is 9.98. The van der Waals surface area contributed by atoms with Crippen LogP contribution in [0.4, 0.5) is 0 Å². The number of hydrogen-bond donors (Lipinski definition) is 1. The zero-order chi connectivity index (χ0) is 26.4. The van der Waals surface area contributed by atoms with Gasteiger partial charge in [0.05, 0.1) is 5.56 Å². The Bertz CT molecular complexity index is 1120. The third-order valence-electron chi connectivity index (χ3n) is 4.92. The van der Waals surface area contributed by atoms with Crippen molar-refractivity contribution in [3.8, 4) is 17.1 Å². The molecule has 0 radical (unpaired) electrons. The summed E-state index contributed by atoms with van der Waals surface area (Å²) in [6.07, 6.45) is -6.47. The topological polar surface area (TPSA) is 165 Å². The van der Waals surface area contributed by atoms with E-state index in [9.17, 15) is 19.2 Å². The Morgan fingerprint density at radius 2 is 1.50 bits per heavy atom. The molecule has 13 heteroatoms. The van der Waals surface area contributed by atoms with Gasteiger partial charge in [0.1, 0.15) is 24.3 Å². The number of hydrogen-bond acceptors (Lipinski definition) is 12. The minimum absolute atomic E-state index is 0.261. The van der Waals surface area contributed by atoms with E-state index in [0.717, 1.165) is 20.8 Å². The van der Waals surface area contributed by atoms with Crippen LogP contribution >= 0.6 is 0 Å². The van der Waals surface area contributed by atoms with E-state index in [0.29, 0.717) is 17.2 Å². The zero-order valence-corrected chi connectivity index (χ0v) is 20.4. The van der Waals surface area contributed by atoms with Crippen molar-refractivity contribution in [1.29, 1.82) is 0 Å². The fourth-order valence-corrected chi connectivity index (χ4v) is 3.63. The third-order valence-corrected chi connectivity index (χ3v) is 4.92. The van der Waals surface area contributed by atoms with E-state index >= 15 is 0 Å². The fourth-order valence-electron chi connectivity index (χ4n) is 3.63. The summed E-state index contributed by atoms with van der Waals surface area (Å²) in [6, 6.07) is 6.78. The SMILES string of the molecule is CC(=O)OC[C@H]1O[C@@H](Oc2ccccc2-c2n[nH]c(C)n2)[C@H](OC(C)=O)[C@@H](OC(C)=O)[C@@H]1OC(C)=O. The van der Waals surface area contributed by atoms with Crippen LogP contribution in [0.1, 0.15) is 33.5 Å². The van der Waals surface area contributed by atoms with Gasteiger partial charge in [-0.25, -0.2) is 4.98 Å². The second kappa shape index (κ2) is 11.6. The van der Waals surface area contributed by atoms with Crippen LogP contribution in [0.3, 0.4) is 0 Å². The molecule has 0 unspecified atom stereocenters. The van der Waals surface area contributed by atoms with Gasteiger partial charge in [-0.3, -0.25) is 24.3 Å². The number of nitrogens with zero attached hydrogens (tertiary/aromatic N) is 2. The van der Waals surface area contributed by atoms with Crippen molar-refractivity contribution in [2.45, 2.75) is 65.3 Å². The van der Waals surface area contributed by atoms with Crippen molar-refractivity contribution in [3.05, 3.63) is 30.1 Å². The quantitative estimate of drug-likeness (QED) is 0.403. The van der Waals surface area contributed by atoms with E-state index in [4.69, 9.17) is 28.4 Å². The van der Waals surface area contributed by atoms with Gasteiger partial charge in [0.15, 0.2) is 18.0 Å². The van der Waals surface area contributed by atoms with Gasteiger partial charge >= 0.3 is 23.9 Å². The predicted octanol–water partition coefficient (Wildman–Crippen LogP) is 1.24. The Labute approximate surface area is 206 Å². The molecule has 2 heterocycles. The van der Waals surface area contributed by atoms with Crippen LogP contribution in [0.5, 0.6) is 5.75 Å². The smallest absolute Gasteiger partial charge is 0.303 e. The number of rotatable bonds is 8. The van der Waals surface area contributed by atoms with Crippen LogP contribution in [-0.4, -0.2) is 76.4 Å². The highest BCUT2D eigenvalue weighted by Crippen LogP contribution is 2.34. The summed E-state index contributed by atoms with van der Waals surface area (Å²) in [5, 5.41) is 6.89.